The summed E-state index contributed by atoms with van der Waals surface area (Å²) in [6.07, 6.45) is -4.86. The lowest BCUT2D eigenvalue weighted by Crippen LogP contribution is -2.16. The van der Waals surface area contributed by atoms with Crippen molar-refractivity contribution in [1.82, 2.24) is 4.98 Å². The highest BCUT2D eigenvalue weighted by Gasteiger charge is 2.40. The molecule has 4 nitrogen and oxygen atoms in total. The summed E-state index contributed by atoms with van der Waals surface area (Å²) in [6.45, 7) is 3.17. The molecule has 8 heteroatoms. The zero-order chi connectivity index (χ0) is 16.9. The van der Waals surface area contributed by atoms with E-state index in [1.54, 1.807) is 13.8 Å². The van der Waals surface area contributed by atoms with Gasteiger partial charge in [0.15, 0.2) is 0 Å². The van der Waals surface area contributed by atoms with Crippen LogP contribution in [0.3, 0.4) is 0 Å². The Labute approximate surface area is 131 Å². The molecule has 2 heterocycles. The Morgan fingerprint density at radius 1 is 1.26 bits per heavy atom. The number of fused-ring (bicyclic) bond motifs is 1. The predicted octanol–water partition coefficient (Wildman–Crippen LogP) is 4.26. The molecule has 3 rings (SSSR count). The van der Waals surface area contributed by atoms with Crippen molar-refractivity contribution in [1.29, 1.82) is 0 Å². The molecule has 1 aromatic carbocycles. The molecule has 0 aliphatic carbocycles. The molecule has 0 saturated carbocycles. The van der Waals surface area contributed by atoms with Gasteiger partial charge in [-0.3, -0.25) is 4.79 Å². The average Bonchev–Trinajstić information content (AvgIpc) is 2.86. The largest absolute Gasteiger partial charge is 0.508 e. The number of aromatic hydroxyl groups is 1. The summed E-state index contributed by atoms with van der Waals surface area (Å²) in [7, 11) is 0. The van der Waals surface area contributed by atoms with Gasteiger partial charge in [-0.2, -0.15) is 13.2 Å². The summed E-state index contributed by atoms with van der Waals surface area (Å²) in [4.78, 5) is 16.6. The first-order valence-electron chi connectivity index (χ1n) is 6.48. The van der Waals surface area contributed by atoms with Gasteiger partial charge < -0.3 is 9.52 Å². The molecule has 1 N–H and O–H groups in total. The Bertz CT molecular complexity index is 972. The molecule has 2 aromatic heterocycles. The van der Waals surface area contributed by atoms with Gasteiger partial charge in [0.2, 0.25) is 11.2 Å². The minimum absolute atomic E-state index is 0.0334. The molecule has 120 valence electrons. The van der Waals surface area contributed by atoms with Crippen molar-refractivity contribution in [3.05, 3.63) is 44.1 Å². The Morgan fingerprint density at radius 2 is 1.96 bits per heavy atom. The van der Waals surface area contributed by atoms with Crippen LogP contribution in [0.15, 0.2) is 26.7 Å². The highest BCUT2D eigenvalue weighted by molar-refractivity contribution is 7.09. The van der Waals surface area contributed by atoms with E-state index in [1.165, 1.54) is 11.4 Å². The van der Waals surface area contributed by atoms with E-state index in [1.807, 2.05) is 0 Å². The summed E-state index contributed by atoms with van der Waals surface area (Å²) in [6, 6.07) is 2.32. The van der Waals surface area contributed by atoms with E-state index in [2.05, 4.69) is 4.98 Å². The molecule has 0 unspecified atom stereocenters. The van der Waals surface area contributed by atoms with E-state index in [9.17, 15) is 23.1 Å². The van der Waals surface area contributed by atoms with Crippen LogP contribution in [-0.2, 0) is 6.18 Å². The van der Waals surface area contributed by atoms with Gasteiger partial charge in [0.25, 0.3) is 0 Å². The molecule has 0 spiro atoms. The van der Waals surface area contributed by atoms with E-state index < -0.39 is 22.9 Å². The maximum absolute atomic E-state index is 13.3. The van der Waals surface area contributed by atoms with Crippen LogP contribution in [-0.4, -0.2) is 10.1 Å². The maximum atomic E-state index is 13.3. The van der Waals surface area contributed by atoms with Crippen LogP contribution in [0.25, 0.3) is 22.2 Å². The smallest absolute Gasteiger partial charge is 0.450 e. The second kappa shape index (κ2) is 5.09. The molecule has 0 saturated heterocycles. The van der Waals surface area contributed by atoms with Crippen molar-refractivity contribution in [3.8, 4) is 17.0 Å². The first-order valence-corrected chi connectivity index (χ1v) is 7.36. The maximum Gasteiger partial charge on any atom is 0.450 e. The summed E-state index contributed by atoms with van der Waals surface area (Å²) in [5.41, 5.74) is -1.46. The first-order chi connectivity index (χ1) is 10.7. The fourth-order valence-electron chi connectivity index (χ4n) is 2.25. The lowest BCUT2D eigenvalue weighted by Gasteiger charge is -2.12. The Morgan fingerprint density at radius 3 is 2.52 bits per heavy atom. The molecular formula is C15H10F3NO3S. The second-order valence-corrected chi connectivity index (χ2v) is 6.08. The van der Waals surface area contributed by atoms with Crippen molar-refractivity contribution in [2.45, 2.75) is 20.0 Å². The average molecular weight is 341 g/mol. The number of benzene rings is 1. The van der Waals surface area contributed by atoms with Crippen LogP contribution in [0.2, 0.25) is 0 Å². The Kier molecular flexibility index (Phi) is 3.44. The minimum Gasteiger partial charge on any atom is -0.508 e. The molecule has 23 heavy (non-hydrogen) atoms. The monoisotopic (exact) mass is 341 g/mol. The second-order valence-electron chi connectivity index (χ2n) is 5.02. The van der Waals surface area contributed by atoms with Gasteiger partial charge in [-0.15, -0.1) is 11.3 Å². The zero-order valence-corrected chi connectivity index (χ0v) is 12.8. The molecule has 0 aliphatic rings. The van der Waals surface area contributed by atoms with Crippen molar-refractivity contribution in [2.24, 2.45) is 0 Å². The van der Waals surface area contributed by atoms with Crippen LogP contribution in [0.4, 0.5) is 13.2 Å². The highest BCUT2D eigenvalue weighted by atomic mass is 32.1. The topological polar surface area (TPSA) is 63.3 Å². The molecule has 0 amide bonds. The number of rotatable bonds is 1. The van der Waals surface area contributed by atoms with Crippen molar-refractivity contribution in [3.63, 3.8) is 0 Å². The third-order valence-electron chi connectivity index (χ3n) is 3.34. The molecule has 0 aliphatic heterocycles. The lowest BCUT2D eigenvalue weighted by molar-refractivity contribution is -0.152. The summed E-state index contributed by atoms with van der Waals surface area (Å²) >= 11 is 1.14. The Balaban J connectivity index is 2.47. The molecule has 0 fully saturated rings. The van der Waals surface area contributed by atoms with Crippen LogP contribution < -0.4 is 5.43 Å². The number of aromatic nitrogens is 1. The summed E-state index contributed by atoms with van der Waals surface area (Å²) in [5, 5.41) is 11.5. The van der Waals surface area contributed by atoms with Gasteiger partial charge in [0.1, 0.15) is 11.3 Å². The van der Waals surface area contributed by atoms with Gasteiger partial charge in [0.05, 0.1) is 21.7 Å². The predicted molar refractivity (Wildman–Crippen MR) is 79.7 cm³/mol. The molecule has 3 aromatic rings. The van der Waals surface area contributed by atoms with E-state index in [4.69, 9.17) is 4.42 Å². The van der Waals surface area contributed by atoms with E-state index in [0.717, 1.165) is 17.4 Å². The third kappa shape index (κ3) is 2.59. The SMILES string of the molecule is Cc1nc(-c2c(C(F)(F)F)oc3cc(O)c(C)cc3c2=O)cs1. The van der Waals surface area contributed by atoms with Crippen molar-refractivity contribution >= 4 is 22.3 Å². The number of aryl methyl sites for hydroxylation is 2. The van der Waals surface area contributed by atoms with Crippen LogP contribution >= 0.6 is 11.3 Å². The molecular weight excluding hydrogens is 331 g/mol. The number of nitrogens with zero attached hydrogens (tertiary/aromatic N) is 1. The summed E-state index contributed by atoms with van der Waals surface area (Å²) < 4.78 is 44.8. The number of hydrogen-bond acceptors (Lipinski definition) is 5. The number of hydrogen-bond donors (Lipinski definition) is 1. The van der Waals surface area contributed by atoms with Crippen molar-refractivity contribution in [2.75, 3.05) is 0 Å². The molecule has 0 atom stereocenters. The highest BCUT2D eigenvalue weighted by Crippen LogP contribution is 2.38. The Hall–Kier alpha value is -2.35. The molecule has 0 bridgehead atoms. The van der Waals surface area contributed by atoms with E-state index in [0.29, 0.717) is 10.6 Å². The number of alkyl halides is 3. The van der Waals surface area contributed by atoms with Crippen LogP contribution in [0.1, 0.15) is 16.3 Å². The fraction of sp³-hybridized carbons (Fsp3) is 0.200. The quantitative estimate of drug-likeness (QED) is 0.718. The van der Waals surface area contributed by atoms with Crippen LogP contribution in [0.5, 0.6) is 5.75 Å². The van der Waals surface area contributed by atoms with Gasteiger partial charge in [0, 0.05) is 11.4 Å². The lowest BCUT2D eigenvalue weighted by atomic mass is 10.1. The standard InChI is InChI=1S/C15H10F3NO3S/c1-6-3-8-11(4-10(6)20)22-14(15(16,17)18)12(13(8)21)9-5-23-7(2)19-9/h3-5,20H,1-2H3. The van der Waals surface area contributed by atoms with Crippen molar-refractivity contribution < 1.29 is 22.7 Å². The zero-order valence-electron chi connectivity index (χ0n) is 12.0. The van der Waals surface area contributed by atoms with Gasteiger partial charge in [-0.05, 0) is 25.5 Å². The number of phenols is 1. The van der Waals surface area contributed by atoms with E-state index in [-0.39, 0.29) is 22.4 Å². The first kappa shape index (κ1) is 15.5. The summed E-state index contributed by atoms with van der Waals surface area (Å²) in [5.74, 6) is -1.66. The van der Waals surface area contributed by atoms with Crippen LogP contribution in [0, 0.1) is 13.8 Å². The van der Waals surface area contributed by atoms with Gasteiger partial charge in [-0.25, -0.2) is 4.98 Å². The normalized spacial score (nSPS) is 12.0. The fourth-order valence-corrected chi connectivity index (χ4v) is 2.85. The molecule has 0 radical (unpaired) electrons. The number of phenolic OH excluding ortho intramolecular Hbond substituents is 1. The van der Waals surface area contributed by atoms with E-state index >= 15 is 0 Å². The van der Waals surface area contributed by atoms with Gasteiger partial charge >= 0.3 is 6.18 Å². The van der Waals surface area contributed by atoms with Gasteiger partial charge in [-0.1, -0.05) is 0 Å². The minimum atomic E-state index is -4.86. The third-order valence-corrected chi connectivity index (χ3v) is 4.12. The number of thiazole rings is 1. The number of halogens is 3.